The van der Waals surface area contributed by atoms with E-state index in [4.69, 9.17) is 4.74 Å². The number of aromatic nitrogens is 1. The average molecular weight is 269 g/mol. The topological polar surface area (TPSA) is 69.6 Å². The molecular formula is C12H19N3O2S. The van der Waals surface area contributed by atoms with Gasteiger partial charge in [-0.2, -0.15) is 4.72 Å². The van der Waals surface area contributed by atoms with Crippen LogP contribution in [0.5, 0.6) is 0 Å². The lowest BCUT2D eigenvalue weighted by Crippen LogP contribution is -2.31. The minimum atomic E-state index is -0.626. The molecule has 0 aliphatic carbocycles. The van der Waals surface area contributed by atoms with E-state index in [9.17, 15) is 5.11 Å². The molecule has 0 atom stereocenters. The summed E-state index contributed by atoms with van der Waals surface area (Å²) in [7, 11) is 0. The van der Waals surface area contributed by atoms with Gasteiger partial charge in [-0.05, 0) is 12.1 Å². The van der Waals surface area contributed by atoms with Crippen LogP contribution < -0.4 is 9.83 Å². The first-order valence-electron chi connectivity index (χ1n) is 5.52. The summed E-state index contributed by atoms with van der Waals surface area (Å²) in [6.45, 7) is 5.39. The van der Waals surface area contributed by atoms with Crippen LogP contribution in [0.25, 0.3) is 0 Å². The van der Waals surface area contributed by atoms with E-state index in [2.05, 4.69) is 14.7 Å². The summed E-state index contributed by atoms with van der Waals surface area (Å²) in [5.74, 6) is 1.05. The first-order valence-corrected chi connectivity index (χ1v) is 7.56. The average Bonchev–Trinajstić information content (AvgIpc) is 2.13. The Labute approximate surface area is 111 Å². The van der Waals surface area contributed by atoms with Gasteiger partial charge < -0.3 is 9.84 Å². The predicted octanol–water partition coefficient (Wildman–Crippen LogP) is 1.45. The fourth-order valence-electron chi connectivity index (χ4n) is 1.13. The molecule has 0 bridgehead atoms. The summed E-state index contributed by atoms with van der Waals surface area (Å²) in [5.41, 5.74) is -0.546. The summed E-state index contributed by atoms with van der Waals surface area (Å²) in [6.07, 6.45) is 3.46. The Balaban J connectivity index is 2.81. The van der Waals surface area contributed by atoms with E-state index < -0.39 is 11.7 Å². The van der Waals surface area contributed by atoms with Crippen molar-refractivity contribution in [2.24, 2.45) is 4.99 Å². The van der Waals surface area contributed by atoms with E-state index in [-0.39, 0.29) is 11.1 Å². The van der Waals surface area contributed by atoms with Crippen molar-refractivity contribution in [1.82, 2.24) is 4.98 Å². The molecule has 0 aliphatic rings. The number of nitrogens with one attached hydrogen (secondary N) is 1. The van der Waals surface area contributed by atoms with Crippen LogP contribution in [0.3, 0.4) is 0 Å². The van der Waals surface area contributed by atoms with Crippen molar-refractivity contribution in [3.63, 3.8) is 0 Å². The predicted molar refractivity (Wildman–Crippen MR) is 75.0 cm³/mol. The molecule has 0 radical (unpaired) electrons. The molecule has 6 heteroatoms. The molecule has 5 nitrogen and oxygen atoms in total. The monoisotopic (exact) mass is 269 g/mol. The molecule has 18 heavy (non-hydrogen) atoms. The molecule has 0 aromatic carbocycles. The third-order valence-corrected chi connectivity index (χ3v) is 2.26. The van der Waals surface area contributed by atoms with Gasteiger partial charge >= 0.3 is 0 Å². The SMILES string of the molecule is C[S+](C)Nc1cccc(/N=C(/[O-])OC(C)(C)C)n1. The molecule has 0 amide bonds. The number of anilines is 1. The van der Waals surface area contributed by atoms with Crippen molar-refractivity contribution in [3.05, 3.63) is 18.2 Å². The van der Waals surface area contributed by atoms with Gasteiger partial charge in [-0.15, -0.1) is 0 Å². The van der Waals surface area contributed by atoms with Crippen LogP contribution >= 0.6 is 0 Å². The molecule has 1 N–H and O–H groups in total. The molecule has 0 unspecified atom stereocenters. The fraction of sp³-hybridized carbons (Fsp3) is 0.500. The van der Waals surface area contributed by atoms with Crippen LogP contribution in [0.15, 0.2) is 23.2 Å². The maximum Gasteiger partial charge on any atom is 0.172 e. The number of nitrogens with zero attached hydrogens (tertiary/aromatic N) is 2. The van der Waals surface area contributed by atoms with Gasteiger partial charge in [-0.3, -0.25) is 0 Å². The third-order valence-electron chi connectivity index (χ3n) is 1.64. The molecule has 1 rings (SSSR count). The van der Waals surface area contributed by atoms with Crippen molar-refractivity contribution in [3.8, 4) is 0 Å². The number of hydrogen-bond acceptors (Lipinski definition) is 5. The van der Waals surface area contributed by atoms with Gasteiger partial charge in [-0.25, -0.2) is 9.98 Å². The Hall–Kier alpha value is -1.43. The standard InChI is InChI=1S/C12H19N3O2S/c1-12(2,3)17-11(16)14-9-7-6-8-10(13-9)15-18(4)5/h6-8H,1-5H3,(H-,13,14,15,16). The third kappa shape index (κ3) is 5.77. The fourth-order valence-corrected chi connectivity index (χ4v) is 1.66. The zero-order valence-corrected chi connectivity index (χ0v) is 12.2. The highest BCUT2D eigenvalue weighted by molar-refractivity contribution is 7.96. The second-order valence-electron chi connectivity index (χ2n) is 4.89. The number of hydrogen-bond donors (Lipinski definition) is 1. The van der Waals surface area contributed by atoms with Crippen LogP contribution in [0.2, 0.25) is 0 Å². The summed E-state index contributed by atoms with van der Waals surface area (Å²) in [5, 5.41) is 11.5. The number of aliphatic imine (C=N–C) groups is 1. The zero-order valence-electron chi connectivity index (χ0n) is 11.4. The van der Waals surface area contributed by atoms with Crippen LogP contribution in [0, 0.1) is 0 Å². The van der Waals surface area contributed by atoms with Gasteiger partial charge in [0.2, 0.25) is 0 Å². The van der Waals surface area contributed by atoms with Gasteiger partial charge in [0.05, 0.1) is 11.1 Å². The quantitative estimate of drug-likeness (QED) is 0.512. The van der Waals surface area contributed by atoms with Crippen LogP contribution in [0.1, 0.15) is 20.8 Å². The Bertz CT molecular complexity index is 428. The van der Waals surface area contributed by atoms with Crippen LogP contribution in [-0.2, 0) is 15.8 Å². The smallest absolute Gasteiger partial charge is 0.172 e. The van der Waals surface area contributed by atoms with Crippen molar-refractivity contribution in [1.29, 1.82) is 0 Å². The van der Waals surface area contributed by atoms with Gasteiger partial charge in [0.1, 0.15) is 12.5 Å². The molecule has 100 valence electrons. The molecule has 0 saturated carbocycles. The van der Waals surface area contributed by atoms with Gasteiger partial charge in [0.25, 0.3) is 0 Å². The van der Waals surface area contributed by atoms with Gasteiger partial charge in [-0.1, -0.05) is 26.8 Å². The maximum atomic E-state index is 11.5. The molecular weight excluding hydrogens is 250 g/mol. The van der Waals surface area contributed by atoms with E-state index in [1.807, 2.05) is 18.6 Å². The summed E-state index contributed by atoms with van der Waals surface area (Å²) < 4.78 is 8.27. The second kappa shape index (κ2) is 5.95. The highest BCUT2D eigenvalue weighted by Gasteiger charge is 2.06. The molecule has 0 spiro atoms. The highest BCUT2D eigenvalue weighted by Crippen LogP contribution is 2.14. The van der Waals surface area contributed by atoms with Crippen LogP contribution in [0.4, 0.5) is 11.6 Å². The minimum absolute atomic E-state index is 0.0263. The van der Waals surface area contributed by atoms with Crippen LogP contribution in [-0.4, -0.2) is 29.2 Å². The number of pyridine rings is 1. The van der Waals surface area contributed by atoms with E-state index in [0.29, 0.717) is 11.6 Å². The minimum Gasteiger partial charge on any atom is -0.594 e. The lowest BCUT2D eigenvalue weighted by molar-refractivity contribution is -0.259. The Kier molecular flexibility index (Phi) is 4.84. The molecule has 0 fully saturated rings. The summed E-state index contributed by atoms with van der Waals surface area (Å²) >= 11 is 0.0263. The van der Waals surface area contributed by atoms with Gasteiger partial charge in [0.15, 0.2) is 17.7 Å². The van der Waals surface area contributed by atoms with E-state index in [1.54, 1.807) is 32.9 Å². The normalized spacial score (nSPS) is 12.7. The van der Waals surface area contributed by atoms with Crippen molar-refractivity contribution < 1.29 is 9.84 Å². The lowest BCUT2D eigenvalue weighted by Gasteiger charge is -2.29. The Morgan fingerprint density at radius 3 is 2.61 bits per heavy atom. The van der Waals surface area contributed by atoms with Gasteiger partial charge in [0, 0.05) is 5.60 Å². The highest BCUT2D eigenvalue weighted by atomic mass is 32.2. The molecule has 1 aromatic rings. The molecule has 0 aliphatic heterocycles. The first-order chi connectivity index (χ1) is 8.26. The molecule has 1 heterocycles. The number of rotatable bonds is 3. The lowest BCUT2D eigenvalue weighted by atomic mass is 10.2. The largest absolute Gasteiger partial charge is 0.594 e. The van der Waals surface area contributed by atoms with Crippen molar-refractivity contribution in [2.75, 3.05) is 17.2 Å². The van der Waals surface area contributed by atoms with E-state index in [0.717, 1.165) is 0 Å². The molecule has 0 saturated heterocycles. The van der Waals surface area contributed by atoms with E-state index in [1.165, 1.54) is 0 Å². The first kappa shape index (κ1) is 14.6. The van der Waals surface area contributed by atoms with E-state index >= 15 is 0 Å². The maximum absolute atomic E-state index is 11.5. The number of ether oxygens (including phenoxy) is 1. The van der Waals surface area contributed by atoms with Crippen molar-refractivity contribution >= 4 is 28.8 Å². The zero-order chi connectivity index (χ0) is 13.8. The Morgan fingerprint density at radius 2 is 2.06 bits per heavy atom. The van der Waals surface area contributed by atoms with Crippen molar-refractivity contribution in [2.45, 2.75) is 26.4 Å². The Morgan fingerprint density at radius 1 is 1.39 bits per heavy atom. The summed E-state index contributed by atoms with van der Waals surface area (Å²) in [4.78, 5) is 8.01. The molecule has 1 aromatic heterocycles. The summed E-state index contributed by atoms with van der Waals surface area (Å²) in [6, 6.07) is 5.30. The second-order valence-corrected chi connectivity index (χ2v) is 6.73.